The number of likely N-dealkylation sites (tertiary alicyclic amines) is 2. The van der Waals surface area contributed by atoms with Crippen molar-refractivity contribution in [2.24, 2.45) is 5.73 Å². The highest BCUT2D eigenvalue weighted by molar-refractivity contribution is 5.79. The molecule has 0 aliphatic carbocycles. The van der Waals surface area contributed by atoms with E-state index in [9.17, 15) is 4.79 Å². The van der Waals surface area contributed by atoms with E-state index in [0.29, 0.717) is 6.04 Å². The number of rotatable bonds is 4. The van der Waals surface area contributed by atoms with Gasteiger partial charge in [0.2, 0.25) is 5.91 Å². The van der Waals surface area contributed by atoms with Crippen molar-refractivity contribution in [2.45, 2.75) is 44.7 Å². The Hall–Kier alpha value is -0.610. The fraction of sp³-hybridized carbons (Fsp3) is 0.917. The van der Waals surface area contributed by atoms with Crippen LogP contribution in [0.15, 0.2) is 0 Å². The van der Waals surface area contributed by atoms with Crippen LogP contribution in [-0.2, 0) is 4.79 Å². The van der Waals surface area contributed by atoms with Crippen LogP contribution >= 0.6 is 0 Å². The van der Waals surface area contributed by atoms with E-state index in [2.05, 4.69) is 9.80 Å². The van der Waals surface area contributed by atoms with Gasteiger partial charge in [0.05, 0.1) is 6.04 Å². The summed E-state index contributed by atoms with van der Waals surface area (Å²) in [6.07, 6.45) is 4.71. The monoisotopic (exact) mass is 225 g/mol. The highest BCUT2D eigenvalue weighted by atomic mass is 16.1. The second-order valence-corrected chi connectivity index (χ2v) is 5.01. The molecule has 2 rings (SSSR count). The lowest BCUT2D eigenvalue weighted by Gasteiger charge is -2.26. The van der Waals surface area contributed by atoms with Crippen LogP contribution in [0.1, 0.15) is 32.6 Å². The number of primary amides is 1. The third-order valence-electron chi connectivity index (χ3n) is 4.01. The molecule has 16 heavy (non-hydrogen) atoms. The first-order valence-corrected chi connectivity index (χ1v) is 6.49. The average Bonchev–Trinajstić information content (AvgIpc) is 2.86. The van der Waals surface area contributed by atoms with Crippen LogP contribution in [0, 0.1) is 0 Å². The lowest BCUT2D eigenvalue weighted by atomic mass is 10.2. The van der Waals surface area contributed by atoms with E-state index in [1.807, 2.05) is 6.92 Å². The van der Waals surface area contributed by atoms with Gasteiger partial charge in [0, 0.05) is 19.1 Å². The minimum atomic E-state index is -0.162. The Labute approximate surface area is 97.8 Å². The van der Waals surface area contributed by atoms with Gasteiger partial charge in [-0.2, -0.15) is 0 Å². The molecule has 2 aliphatic rings. The molecule has 0 radical (unpaired) electrons. The van der Waals surface area contributed by atoms with Crippen molar-refractivity contribution in [3.63, 3.8) is 0 Å². The van der Waals surface area contributed by atoms with Gasteiger partial charge >= 0.3 is 0 Å². The van der Waals surface area contributed by atoms with Gasteiger partial charge in [-0.05, 0) is 38.8 Å². The van der Waals surface area contributed by atoms with Crippen molar-refractivity contribution in [2.75, 3.05) is 26.2 Å². The molecule has 4 heteroatoms. The predicted molar refractivity (Wildman–Crippen MR) is 64.1 cm³/mol. The molecule has 92 valence electrons. The van der Waals surface area contributed by atoms with Crippen molar-refractivity contribution < 1.29 is 4.79 Å². The van der Waals surface area contributed by atoms with E-state index in [1.54, 1.807) is 0 Å². The predicted octanol–water partition coefficient (Wildman–Crippen LogP) is 0.420. The zero-order chi connectivity index (χ0) is 11.5. The fourth-order valence-electron chi connectivity index (χ4n) is 3.10. The van der Waals surface area contributed by atoms with Crippen molar-refractivity contribution in [3.8, 4) is 0 Å². The molecular formula is C12H23N3O. The maximum Gasteiger partial charge on any atom is 0.234 e. The largest absolute Gasteiger partial charge is 0.368 e. The van der Waals surface area contributed by atoms with Gasteiger partial charge in [0.1, 0.15) is 0 Å². The van der Waals surface area contributed by atoms with Crippen molar-refractivity contribution in [1.29, 1.82) is 0 Å². The third-order valence-corrected chi connectivity index (χ3v) is 4.01. The number of hydrogen-bond donors (Lipinski definition) is 1. The van der Waals surface area contributed by atoms with Crippen molar-refractivity contribution in [3.05, 3.63) is 0 Å². The van der Waals surface area contributed by atoms with E-state index < -0.39 is 0 Å². The highest BCUT2D eigenvalue weighted by Crippen LogP contribution is 2.22. The number of nitrogens with zero attached hydrogens (tertiary/aromatic N) is 2. The number of carbonyl (C=O) groups is 1. The Balaban J connectivity index is 1.88. The van der Waals surface area contributed by atoms with Crippen molar-refractivity contribution in [1.82, 2.24) is 9.80 Å². The standard InChI is InChI=1S/C12H23N3O/c1-2-11(12(13)16)15-8-5-10(9-15)14-6-3-4-7-14/h10-11H,2-9H2,1H3,(H2,13,16). The second kappa shape index (κ2) is 5.15. The van der Waals surface area contributed by atoms with Crippen LogP contribution in [0.5, 0.6) is 0 Å². The molecule has 2 atom stereocenters. The molecular weight excluding hydrogens is 202 g/mol. The summed E-state index contributed by atoms with van der Waals surface area (Å²) in [4.78, 5) is 16.2. The summed E-state index contributed by atoms with van der Waals surface area (Å²) in [6.45, 7) is 6.58. The first-order chi connectivity index (χ1) is 7.72. The number of hydrogen-bond acceptors (Lipinski definition) is 3. The molecule has 0 saturated carbocycles. The van der Waals surface area contributed by atoms with Crippen molar-refractivity contribution >= 4 is 5.91 Å². The first-order valence-electron chi connectivity index (χ1n) is 6.49. The Morgan fingerprint density at radius 1 is 1.38 bits per heavy atom. The molecule has 2 unspecified atom stereocenters. The van der Waals surface area contributed by atoms with Crippen LogP contribution in [0.4, 0.5) is 0 Å². The van der Waals surface area contributed by atoms with Gasteiger partial charge in [-0.15, -0.1) is 0 Å². The lowest BCUT2D eigenvalue weighted by molar-refractivity contribution is -0.123. The topological polar surface area (TPSA) is 49.6 Å². The zero-order valence-corrected chi connectivity index (χ0v) is 10.2. The summed E-state index contributed by atoms with van der Waals surface area (Å²) in [5.41, 5.74) is 5.43. The first kappa shape index (κ1) is 11.9. The summed E-state index contributed by atoms with van der Waals surface area (Å²) in [5.74, 6) is -0.162. The van der Waals surface area contributed by atoms with Gasteiger partial charge < -0.3 is 5.73 Å². The van der Waals surface area contributed by atoms with Gasteiger partial charge in [-0.1, -0.05) is 6.92 Å². The van der Waals surface area contributed by atoms with Gasteiger partial charge in [-0.3, -0.25) is 14.6 Å². The molecule has 2 N–H and O–H groups in total. The smallest absolute Gasteiger partial charge is 0.234 e. The second-order valence-electron chi connectivity index (χ2n) is 5.01. The number of carbonyl (C=O) groups excluding carboxylic acids is 1. The Morgan fingerprint density at radius 3 is 2.62 bits per heavy atom. The molecule has 0 aromatic heterocycles. The third kappa shape index (κ3) is 2.38. The molecule has 1 amide bonds. The quantitative estimate of drug-likeness (QED) is 0.754. The van der Waals surface area contributed by atoms with E-state index in [-0.39, 0.29) is 11.9 Å². The van der Waals surface area contributed by atoms with E-state index in [0.717, 1.165) is 19.5 Å². The van der Waals surface area contributed by atoms with Gasteiger partial charge in [-0.25, -0.2) is 0 Å². The highest BCUT2D eigenvalue weighted by Gasteiger charge is 2.33. The molecule has 2 fully saturated rings. The molecule has 0 spiro atoms. The minimum Gasteiger partial charge on any atom is -0.368 e. The van der Waals surface area contributed by atoms with Gasteiger partial charge in [0.15, 0.2) is 0 Å². The Kier molecular flexibility index (Phi) is 3.82. The molecule has 4 nitrogen and oxygen atoms in total. The summed E-state index contributed by atoms with van der Waals surface area (Å²) < 4.78 is 0. The number of nitrogens with two attached hydrogens (primary N) is 1. The summed E-state index contributed by atoms with van der Waals surface area (Å²) in [7, 11) is 0. The summed E-state index contributed by atoms with van der Waals surface area (Å²) in [5, 5.41) is 0. The normalized spacial score (nSPS) is 29.7. The van der Waals surface area contributed by atoms with E-state index in [1.165, 1.54) is 32.4 Å². The maximum atomic E-state index is 11.3. The zero-order valence-electron chi connectivity index (χ0n) is 10.2. The van der Waals surface area contributed by atoms with Crippen LogP contribution in [-0.4, -0.2) is 54.0 Å². The average molecular weight is 225 g/mol. The molecule has 2 aliphatic heterocycles. The van der Waals surface area contributed by atoms with E-state index >= 15 is 0 Å². The lowest BCUT2D eigenvalue weighted by Crippen LogP contribution is -2.45. The maximum absolute atomic E-state index is 11.3. The summed E-state index contributed by atoms with van der Waals surface area (Å²) in [6, 6.07) is 0.614. The SMILES string of the molecule is CCC(C(N)=O)N1CCC(N2CCCC2)C1. The van der Waals surface area contributed by atoms with Crippen LogP contribution < -0.4 is 5.73 Å². The Morgan fingerprint density at radius 2 is 2.06 bits per heavy atom. The summed E-state index contributed by atoms with van der Waals surface area (Å²) >= 11 is 0. The van der Waals surface area contributed by atoms with Crippen LogP contribution in [0.2, 0.25) is 0 Å². The fourth-order valence-corrected chi connectivity index (χ4v) is 3.10. The minimum absolute atomic E-state index is 0.0485. The van der Waals surface area contributed by atoms with Crippen LogP contribution in [0.3, 0.4) is 0 Å². The molecule has 0 bridgehead atoms. The Bertz CT molecular complexity index is 251. The van der Waals surface area contributed by atoms with E-state index in [4.69, 9.17) is 5.73 Å². The molecule has 0 aromatic carbocycles. The molecule has 0 aromatic rings. The molecule has 2 saturated heterocycles. The molecule has 2 heterocycles. The van der Waals surface area contributed by atoms with Crippen LogP contribution in [0.25, 0.3) is 0 Å². The number of amides is 1. The van der Waals surface area contributed by atoms with Gasteiger partial charge in [0.25, 0.3) is 0 Å².